The number of nitrogens with zero attached hydrogens (tertiary/aromatic N) is 1. The molecule has 2 N–H and O–H groups in total. The van der Waals surface area contributed by atoms with Gasteiger partial charge in [-0.3, -0.25) is 0 Å². The Morgan fingerprint density at radius 3 is 2.67 bits per heavy atom. The number of halogens is 1. The third-order valence-electron chi connectivity index (χ3n) is 2.56. The molecule has 0 bridgehead atoms. The maximum atomic E-state index is 10.8. The van der Waals surface area contributed by atoms with Gasteiger partial charge in [0, 0.05) is 16.7 Å². The molecule has 4 nitrogen and oxygen atoms in total. The lowest BCUT2D eigenvalue weighted by molar-refractivity contribution is 0.0697. The summed E-state index contributed by atoms with van der Waals surface area (Å²) in [5.41, 5.74) is 1.23. The van der Waals surface area contributed by atoms with Crippen molar-refractivity contribution < 1.29 is 9.90 Å². The molecule has 1 aromatic carbocycles. The van der Waals surface area contributed by atoms with Crippen LogP contribution < -0.4 is 5.32 Å². The molecule has 0 radical (unpaired) electrons. The summed E-state index contributed by atoms with van der Waals surface area (Å²) in [6.07, 6.45) is 2.23. The zero-order valence-electron chi connectivity index (χ0n) is 10.7. The molecule has 18 heavy (non-hydrogen) atoms. The molecule has 0 aromatic heterocycles. The Bertz CT molecular complexity index is 408. The summed E-state index contributed by atoms with van der Waals surface area (Å²) in [6.45, 7) is 1.97. The van der Waals surface area contributed by atoms with E-state index in [1.807, 2.05) is 0 Å². The van der Waals surface area contributed by atoms with Crippen molar-refractivity contribution in [3.05, 3.63) is 28.2 Å². The van der Waals surface area contributed by atoms with Crippen LogP contribution in [-0.4, -0.2) is 43.2 Å². The lowest BCUT2D eigenvalue weighted by Gasteiger charge is -2.11. The summed E-state index contributed by atoms with van der Waals surface area (Å²) in [4.78, 5) is 12.9. The van der Waals surface area contributed by atoms with Crippen LogP contribution in [0.2, 0.25) is 0 Å². The second-order valence-electron chi connectivity index (χ2n) is 4.44. The Hall–Kier alpha value is -1.07. The van der Waals surface area contributed by atoms with E-state index in [1.165, 1.54) is 0 Å². The van der Waals surface area contributed by atoms with Gasteiger partial charge in [-0.15, -0.1) is 0 Å². The summed E-state index contributed by atoms with van der Waals surface area (Å²) in [6, 6.07) is 5.01. The molecule has 0 aliphatic carbocycles. The molecule has 0 amide bonds. The molecule has 0 spiro atoms. The third-order valence-corrected chi connectivity index (χ3v) is 3.22. The van der Waals surface area contributed by atoms with Crippen molar-refractivity contribution in [2.45, 2.75) is 12.8 Å². The number of anilines is 1. The number of carbonyl (C=O) groups is 1. The number of hydrogen-bond acceptors (Lipinski definition) is 3. The van der Waals surface area contributed by atoms with Crippen molar-refractivity contribution in [2.75, 3.05) is 32.5 Å². The van der Waals surface area contributed by atoms with E-state index in [1.54, 1.807) is 18.2 Å². The molecule has 0 aliphatic rings. The minimum Gasteiger partial charge on any atom is -0.478 e. The maximum Gasteiger partial charge on any atom is 0.335 e. The van der Waals surface area contributed by atoms with E-state index < -0.39 is 5.97 Å². The Labute approximate surface area is 116 Å². The van der Waals surface area contributed by atoms with E-state index in [-0.39, 0.29) is 0 Å². The third kappa shape index (κ3) is 5.06. The number of aromatic carboxylic acids is 1. The first kappa shape index (κ1) is 15.0. The fourth-order valence-electron chi connectivity index (χ4n) is 1.57. The molecule has 100 valence electrons. The van der Waals surface area contributed by atoms with E-state index in [9.17, 15) is 4.79 Å². The molecule has 0 saturated heterocycles. The average Bonchev–Trinajstić information content (AvgIpc) is 2.29. The summed E-state index contributed by atoms with van der Waals surface area (Å²) in [5.74, 6) is -0.909. The fourth-order valence-corrected chi connectivity index (χ4v) is 2.09. The Kier molecular flexibility index (Phi) is 6.15. The Morgan fingerprint density at radius 2 is 2.11 bits per heavy atom. The van der Waals surface area contributed by atoms with E-state index in [2.05, 4.69) is 40.2 Å². The predicted molar refractivity (Wildman–Crippen MR) is 77.4 cm³/mol. The SMILES string of the molecule is CN(C)CCCCNc1ccc(C(=O)O)cc1Br. The topological polar surface area (TPSA) is 52.6 Å². The fraction of sp³-hybridized carbons (Fsp3) is 0.462. The normalized spacial score (nSPS) is 10.7. The number of hydrogen-bond donors (Lipinski definition) is 2. The van der Waals surface area contributed by atoms with E-state index in [0.717, 1.165) is 36.1 Å². The molecule has 0 heterocycles. The van der Waals surface area contributed by atoms with Gasteiger partial charge >= 0.3 is 5.97 Å². The largest absolute Gasteiger partial charge is 0.478 e. The van der Waals surface area contributed by atoms with Gasteiger partial charge in [-0.2, -0.15) is 0 Å². The number of carboxylic acids is 1. The van der Waals surface area contributed by atoms with Crippen LogP contribution in [0.1, 0.15) is 23.2 Å². The minimum absolute atomic E-state index is 0.292. The van der Waals surface area contributed by atoms with Crippen molar-refractivity contribution >= 4 is 27.6 Å². The lowest BCUT2D eigenvalue weighted by Crippen LogP contribution is -2.14. The van der Waals surface area contributed by atoms with Gasteiger partial charge in [-0.25, -0.2) is 4.79 Å². The Balaban J connectivity index is 2.41. The first-order valence-corrected chi connectivity index (χ1v) is 6.71. The van der Waals surface area contributed by atoms with Crippen LogP contribution >= 0.6 is 15.9 Å². The van der Waals surface area contributed by atoms with Gasteiger partial charge in [-0.05, 0) is 67.6 Å². The van der Waals surface area contributed by atoms with Crippen LogP contribution in [0.5, 0.6) is 0 Å². The number of rotatable bonds is 7. The van der Waals surface area contributed by atoms with Crippen LogP contribution in [0.3, 0.4) is 0 Å². The van der Waals surface area contributed by atoms with Crippen molar-refractivity contribution in [1.29, 1.82) is 0 Å². The van der Waals surface area contributed by atoms with E-state index >= 15 is 0 Å². The van der Waals surface area contributed by atoms with E-state index in [0.29, 0.717) is 5.56 Å². The first-order valence-electron chi connectivity index (χ1n) is 5.92. The van der Waals surface area contributed by atoms with Crippen molar-refractivity contribution in [3.8, 4) is 0 Å². The highest BCUT2D eigenvalue weighted by Crippen LogP contribution is 2.23. The smallest absolute Gasteiger partial charge is 0.335 e. The predicted octanol–water partition coefficient (Wildman–Crippen LogP) is 2.90. The van der Waals surface area contributed by atoms with Gasteiger partial charge in [0.25, 0.3) is 0 Å². The highest BCUT2D eigenvalue weighted by Gasteiger charge is 2.06. The number of unbranched alkanes of at least 4 members (excludes halogenated alkanes) is 1. The Morgan fingerprint density at radius 1 is 1.39 bits per heavy atom. The van der Waals surface area contributed by atoms with Gasteiger partial charge < -0.3 is 15.3 Å². The molecule has 1 aromatic rings. The highest BCUT2D eigenvalue weighted by molar-refractivity contribution is 9.10. The molecule has 0 saturated carbocycles. The summed E-state index contributed by atoms with van der Waals surface area (Å²) >= 11 is 3.37. The van der Waals surface area contributed by atoms with E-state index in [4.69, 9.17) is 5.11 Å². The zero-order chi connectivity index (χ0) is 13.5. The highest BCUT2D eigenvalue weighted by atomic mass is 79.9. The standard InChI is InChI=1S/C13H19BrN2O2/c1-16(2)8-4-3-7-15-12-6-5-10(13(17)18)9-11(12)14/h5-6,9,15H,3-4,7-8H2,1-2H3,(H,17,18). The van der Waals surface area contributed by atoms with Crippen LogP contribution in [-0.2, 0) is 0 Å². The molecule has 1 rings (SSSR count). The monoisotopic (exact) mass is 314 g/mol. The van der Waals surface area contributed by atoms with Gasteiger partial charge in [-0.1, -0.05) is 0 Å². The van der Waals surface area contributed by atoms with Crippen LogP contribution in [0.25, 0.3) is 0 Å². The number of nitrogens with one attached hydrogen (secondary N) is 1. The zero-order valence-corrected chi connectivity index (χ0v) is 12.3. The van der Waals surface area contributed by atoms with Crippen LogP contribution in [0, 0.1) is 0 Å². The second kappa shape index (κ2) is 7.38. The van der Waals surface area contributed by atoms with Crippen molar-refractivity contribution in [2.24, 2.45) is 0 Å². The van der Waals surface area contributed by atoms with Gasteiger partial charge in [0.1, 0.15) is 0 Å². The summed E-state index contributed by atoms with van der Waals surface area (Å²) < 4.78 is 0.787. The van der Waals surface area contributed by atoms with Crippen LogP contribution in [0.15, 0.2) is 22.7 Å². The van der Waals surface area contributed by atoms with Gasteiger partial charge in [0.05, 0.1) is 5.56 Å². The van der Waals surface area contributed by atoms with Gasteiger partial charge in [0.15, 0.2) is 0 Å². The number of carboxylic acid groups (broad SMARTS) is 1. The van der Waals surface area contributed by atoms with Gasteiger partial charge in [0.2, 0.25) is 0 Å². The molecule has 5 heteroatoms. The second-order valence-corrected chi connectivity index (χ2v) is 5.29. The molecular weight excluding hydrogens is 296 g/mol. The number of benzene rings is 1. The average molecular weight is 315 g/mol. The molecular formula is C13H19BrN2O2. The maximum absolute atomic E-state index is 10.8. The summed E-state index contributed by atoms with van der Waals surface area (Å²) in [5, 5.41) is 12.1. The van der Waals surface area contributed by atoms with Crippen molar-refractivity contribution in [3.63, 3.8) is 0 Å². The van der Waals surface area contributed by atoms with Crippen LogP contribution in [0.4, 0.5) is 5.69 Å². The van der Waals surface area contributed by atoms with Crippen molar-refractivity contribution in [1.82, 2.24) is 4.90 Å². The summed E-state index contributed by atoms with van der Waals surface area (Å²) in [7, 11) is 4.13. The molecule has 0 atom stereocenters. The quantitative estimate of drug-likeness (QED) is 0.760. The molecule has 0 fully saturated rings. The molecule has 0 unspecified atom stereocenters. The minimum atomic E-state index is -0.909. The first-order chi connectivity index (χ1) is 8.50. The lowest BCUT2D eigenvalue weighted by atomic mass is 10.2. The molecule has 0 aliphatic heterocycles.